The van der Waals surface area contributed by atoms with Crippen molar-refractivity contribution in [3.63, 3.8) is 0 Å². The number of aromatic nitrogens is 2. The second-order valence-electron chi connectivity index (χ2n) is 5.61. The van der Waals surface area contributed by atoms with Gasteiger partial charge in [-0.05, 0) is 30.3 Å². The fourth-order valence-corrected chi connectivity index (χ4v) is 2.51. The minimum absolute atomic E-state index is 0.0427. The van der Waals surface area contributed by atoms with Crippen molar-refractivity contribution >= 4 is 11.6 Å². The van der Waals surface area contributed by atoms with E-state index in [0.717, 1.165) is 16.7 Å². The zero-order chi connectivity index (χ0) is 20.3. The van der Waals surface area contributed by atoms with Crippen molar-refractivity contribution < 1.29 is 27.6 Å². The highest BCUT2D eigenvalue weighted by atomic mass is 19.2. The predicted molar refractivity (Wildman–Crippen MR) is 94.3 cm³/mol. The Morgan fingerprint density at radius 2 is 1.86 bits per heavy atom. The Hall–Kier alpha value is -3.69. The maximum absolute atomic E-state index is 13.3. The van der Waals surface area contributed by atoms with Gasteiger partial charge < -0.3 is 14.8 Å². The molecule has 1 N–H and O–H groups in total. The second-order valence-corrected chi connectivity index (χ2v) is 5.61. The molecule has 10 heteroatoms. The topological polar surface area (TPSA) is 95.6 Å². The molecule has 0 aliphatic rings. The number of nitrogens with zero attached hydrogens (tertiary/aromatic N) is 2. The van der Waals surface area contributed by atoms with Crippen LogP contribution in [0.3, 0.4) is 0 Å². The number of nitrogens with one attached hydrogen (secondary N) is 1. The molecule has 1 amide bonds. The van der Waals surface area contributed by atoms with Crippen LogP contribution in [0.25, 0.3) is 11.4 Å². The first-order chi connectivity index (χ1) is 13.4. The number of methoxy groups -OCH3 is 2. The Bertz CT molecular complexity index is 1080. The van der Waals surface area contributed by atoms with Crippen molar-refractivity contribution in [3.8, 4) is 22.9 Å². The molecule has 3 aromatic rings. The Kier molecular flexibility index (Phi) is 5.39. The van der Waals surface area contributed by atoms with Crippen molar-refractivity contribution in [2.45, 2.75) is 6.54 Å². The molecule has 0 bridgehead atoms. The van der Waals surface area contributed by atoms with Gasteiger partial charge in [-0.1, -0.05) is 5.16 Å². The van der Waals surface area contributed by atoms with E-state index in [4.69, 9.17) is 9.47 Å². The van der Waals surface area contributed by atoms with Crippen LogP contribution in [-0.4, -0.2) is 29.9 Å². The lowest BCUT2D eigenvalue weighted by Crippen LogP contribution is -2.25. The molecular weight excluding hydrogens is 376 g/mol. The van der Waals surface area contributed by atoms with Crippen molar-refractivity contribution in [1.29, 1.82) is 0 Å². The van der Waals surface area contributed by atoms with E-state index in [1.54, 1.807) is 18.2 Å². The molecule has 0 aliphatic heterocycles. The van der Waals surface area contributed by atoms with E-state index >= 15 is 0 Å². The number of rotatable bonds is 6. The molecule has 0 aliphatic carbocycles. The average molecular weight is 391 g/mol. The van der Waals surface area contributed by atoms with Gasteiger partial charge in [0.2, 0.25) is 5.91 Å². The molecule has 1 heterocycles. The Morgan fingerprint density at radius 1 is 1.11 bits per heavy atom. The number of carbonyl (C=O) groups is 1. The van der Waals surface area contributed by atoms with Crippen LogP contribution < -0.4 is 20.5 Å². The zero-order valence-corrected chi connectivity index (χ0v) is 14.9. The third-order valence-electron chi connectivity index (χ3n) is 3.83. The largest absolute Gasteiger partial charge is 0.493 e. The van der Waals surface area contributed by atoms with Gasteiger partial charge in [-0.2, -0.15) is 0 Å². The van der Waals surface area contributed by atoms with Crippen LogP contribution >= 0.6 is 0 Å². The van der Waals surface area contributed by atoms with Gasteiger partial charge in [0.1, 0.15) is 6.54 Å². The summed E-state index contributed by atoms with van der Waals surface area (Å²) in [5.74, 6) is -2.70. The molecule has 0 unspecified atom stereocenters. The van der Waals surface area contributed by atoms with Gasteiger partial charge in [0, 0.05) is 17.3 Å². The monoisotopic (exact) mass is 391 g/mol. The molecule has 0 atom stereocenters. The molecule has 2 aromatic carbocycles. The third kappa shape index (κ3) is 3.85. The molecule has 146 valence electrons. The lowest BCUT2D eigenvalue weighted by Gasteiger charge is -2.10. The van der Waals surface area contributed by atoms with E-state index in [-0.39, 0.29) is 11.5 Å². The van der Waals surface area contributed by atoms with Crippen molar-refractivity contribution in [2.24, 2.45) is 0 Å². The Labute approximate surface area is 157 Å². The van der Waals surface area contributed by atoms with Crippen LogP contribution in [0.2, 0.25) is 0 Å². The SMILES string of the molecule is COc1ccc(-c2noc(=O)n2CC(=O)Nc2ccc(F)c(F)c2)cc1OC. The van der Waals surface area contributed by atoms with Crippen LogP contribution in [0.1, 0.15) is 0 Å². The highest BCUT2D eigenvalue weighted by Crippen LogP contribution is 2.31. The first-order valence-corrected chi connectivity index (χ1v) is 7.96. The summed E-state index contributed by atoms with van der Waals surface area (Å²) in [6.45, 7) is -0.453. The number of hydrogen-bond acceptors (Lipinski definition) is 6. The highest BCUT2D eigenvalue weighted by Gasteiger charge is 2.18. The van der Waals surface area contributed by atoms with E-state index in [1.165, 1.54) is 20.3 Å². The van der Waals surface area contributed by atoms with Crippen LogP contribution in [0.15, 0.2) is 45.7 Å². The summed E-state index contributed by atoms with van der Waals surface area (Å²) in [6, 6.07) is 7.70. The number of carbonyl (C=O) groups excluding carboxylic acids is 1. The number of amides is 1. The third-order valence-corrected chi connectivity index (χ3v) is 3.83. The molecule has 1 aromatic heterocycles. The number of anilines is 1. The molecule has 8 nitrogen and oxygen atoms in total. The van der Waals surface area contributed by atoms with Crippen LogP contribution in [-0.2, 0) is 11.3 Å². The van der Waals surface area contributed by atoms with Crippen molar-refractivity contribution in [2.75, 3.05) is 19.5 Å². The van der Waals surface area contributed by atoms with Gasteiger partial charge >= 0.3 is 5.76 Å². The summed E-state index contributed by atoms with van der Waals surface area (Å²) in [4.78, 5) is 24.2. The van der Waals surface area contributed by atoms with E-state index in [0.29, 0.717) is 17.1 Å². The Balaban J connectivity index is 1.86. The van der Waals surface area contributed by atoms with E-state index in [2.05, 4.69) is 15.0 Å². The van der Waals surface area contributed by atoms with Crippen LogP contribution in [0.5, 0.6) is 11.5 Å². The Morgan fingerprint density at radius 3 is 2.54 bits per heavy atom. The highest BCUT2D eigenvalue weighted by molar-refractivity contribution is 5.90. The summed E-state index contributed by atoms with van der Waals surface area (Å²) in [5.41, 5.74) is 0.491. The van der Waals surface area contributed by atoms with Crippen LogP contribution in [0, 0.1) is 11.6 Å². The molecular formula is C18H15F2N3O5. The maximum Gasteiger partial charge on any atom is 0.442 e. The maximum atomic E-state index is 13.3. The van der Waals surface area contributed by atoms with E-state index in [9.17, 15) is 18.4 Å². The molecule has 0 radical (unpaired) electrons. The summed E-state index contributed by atoms with van der Waals surface area (Å²) < 4.78 is 42.3. The zero-order valence-electron chi connectivity index (χ0n) is 14.9. The van der Waals surface area contributed by atoms with Gasteiger partial charge in [-0.3, -0.25) is 9.32 Å². The lowest BCUT2D eigenvalue weighted by molar-refractivity contribution is -0.116. The quantitative estimate of drug-likeness (QED) is 0.694. The first kappa shape index (κ1) is 19.1. The summed E-state index contributed by atoms with van der Waals surface area (Å²) in [5, 5.41) is 6.07. The van der Waals surface area contributed by atoms with Gasteiger partial charge in [0.15, 0.2) is 29.0 Å². The van der Waals surface area contributed by atoms with Crippen LogP contribution in [0.4, 0.5) is 14.5 Å². The number of benzene rings is 2. The van der Waals surface area contributed by atoms with Crippen molar-refractivity contribution in [3.05, 3.63) is 58.6 Å². The number of hydrogen-bond donors (Lipinski definition) is 1. The predicted octanol–water partition coefficient (Wildman–Crippen LogP) is 2.44. The minimum atomic E-state index is -1.11. The standard InChI is InChI=1S/C18H15F2N3O5/c1-26-14-6-3-10(7-15(14)27-2)17-22-28-18(25)23(17)9-16(24)21-11-4-5-12(19)13(20)8-11/h3-8H,9H2,1-2H3,(H,21,24). The van der Waals surface area contributed by atoms with E-state index in [1.807, 2.05) is 0 Å². The van der Waals surface area contributed by atoms with Gasteiger partial charge in [0.05, 0.1) is 14.2 Å². The minimum Gasteiger partial charge on any atom is -0.493 e. The van der Waals surface area contributed by atoms with Gasteiger partial charge in [-0.15, -0.1) is 0 Å². The van der Waals surface area contributed by atoms with Crippen molar-refractivity contribution in [1.82, 2.24) is 9.72 Å². The fraction of sp³-hybridized carbons (Fsp3) is 0.167. The second kappa shape index (κ2) is 7.91. The van der Waals surface area contributed by atoms with Gasteiger partial charge in [0.25, 0.3) is 0 Å². The lowest BCUT2D eigenvalue weighted by atomic mass is 10.2. The van der Waals surface area contributed by atoms with Gasteiger partial charge in [-0.25, -0.2) is 18.1 Å². The summed E-state index contributed by atoms with van der Waals surface area (Å²) in [7, 11) is 2.93. The first-order valence-electron chi connectivity index (χ1n) is 7.96. The average Bonchev–Trinajstić information content (AvgIpc) is 3.04. The van der Waals surface area contributed by atoms with E-state index < -0.39 is 29.8 Å². The molecule has 0 fully saturated rings. The number of ether oxygens (including phenoxy) is 2. The normalized spacial score (nSPS) is 10.6. The molecule has 0 saturated heterocycles. The number of halogens is 2. The smallest absolute Gasteiger partial charge is 0.442 e. The molecule has 28 heavy (non-hydrogen) atoms. The molecule has 0 saturated carbocycles. The molecule has 0 spiro atoms. The summed E-state index contributed by atoms with van der Waals surface area (Å²) >= 11 is 0. The fourth-order valence-electron chi connectivity index (χ4n) is 2.51. The molecule has 3 rings (SSSR count). The summed E-state index contributed by atoms with van der Waals surface area (Å²) in [6.07, 6.45) is 0.